The molecule has 2 heterocycles. The minimum Gasteiger partial charge on any atom is -0.311 e. The summed E-state index contributed by atoms with van der Waals surface area (Å²) in [6.45, 7) is 0. The Labute approximate surface area is 349 Å². The van der Waals surface area contributed by atoms with Gasteiger partial charge >= 0.3 is 0 Å². The predicted molar refractivity (Wildman–Crippen MR) is 245 cm³/mol. The summed E-state index contributed by atoms with van der Waals surface area (Å²) in [4.78, 5) is 9.78. The molecule has 0 saturated carbocycles. The zero-order chi connectivity index (χ0) is 38.9. The molecule has 3 aliphatic rings. The van der Waals surface area contributed by atoms with Crippen molar-refractivity contribution < 1.29 is 0 Å². The average molecular weight is 772 g/mol. The van der Waals surface area contributed by atoms with E-state index in [9.17, 15) is 0 Å². The van der Waals surface area contributed by atoms with E-state index in [1.807, 2.05) is 11.8 Å². The fourth-order valence-corrected chi connectivity index (χ4v) is 11.0. The summed E-state index contributed by atoms with van der Waals surface area (Å²) in [5.41, 5.74) is 17.7. The third-order valence-electron chi connectivity index (χ3n) is 12.2. The number of nitrogens with zero attached hydrogens (tertiary/aromatic N) is 3. The summed E-state index contributed by atoms with van der Waals surface area (Å²) in [5, 5.41) is 0. The van der Waals surface area contributed by atoms with E-state index in [0.717, 1.165) is 28.4 Å². The molecule has 9 aromatic carbocycles. The molecule has 12 rings (SSSR count). The number of hydrogen-bond acceptors (Lipinski definition) is 4. The van der Waals surface area contributed by atoms with Gasteiger partial charge in [0, 0.05) is 43.8 Å². The number of benzene rings is 9. The van der Waals surface area contributed by atoms with E-state index in [2.05, 4.69) is 239 Å². The summed E-state index contributed by atoms with van der Waals surface area (Å²) < 4.78 is 0. The Morgan fingerprint density at radius 2 is 0.831 bits per heavy atom. The van der Waals surface area contributed by atoms with Gasteiger partial charge in [0.2, 0.25) is 0 Å². The second-order valence-electron chi connectivity index (χ2n) is 15.3. The SMILES string of the molecule is c1ccc(N(c2ccccc2)c2ccc(N3c4ccccc4Sc4ccc5c(c43)-c3ccccc3C53c4ccccc4N(c4ccccc4)c4ccccc43)cc2)cc1. The molecule has 1 aliphatic carbocycles. The lowest BCUT2D eigenvalue weighted by Crippen LogP contribution is -2.36. The van der Waals surface area contributed by atoms with Gasteiger partial charge in [-0.15, -0.1) is 0 Å². The van der Waals surface area contributed by atoms with Gasteiger partial charge in [0.05, 0.1) is 28.2 Å². The monoisotopic (exact) mass is 771 g/mol. The fourth-order valence-electron chi connectivity index (χ4n) is 9.90. The van der Waals surface area contributed by atoms with Crippen LogP contribution in [0.3, 0.4) is 0 Å². The number of rotatable bonds is 5. The summed E-state index contributed by atoms with van der Waals surface area (Å²) in [5.74, 6) is 0. The van der Waals surface area contributed by atoms with Crippen molar-refractivity contribution in [2.75, 3.05) is 14.7 Å². The normalized spacial score (nSPS) is 13.8. The highest BCUT2D eigenvalue weighted by Crippen LogP contribution is 2.67. The van der Waals surface area contributed by atoms with Crippen molar-refractivity contribution in [3.8, 4) is 11.1 Å². The first-order chi connectivity index (χ1) is 29.3. The zero-order valence-electron chi connectivity index (χ0n) is 32.1. The first-order valence-electron chi connectivity index (χ1n) is 20.2. The van der Waals surface area contributed by atoms with Crippen LogP contribution in [-0.2, 0) is 5.41 Å². The maximum Gasteiger partial charge on any atom is 0.0755 e. The first kappa shape index (κ1) is 33.8. The zero-order valence-corrected chi connectivity index (χ0v) is 32.9. The summed E-state index contributed by atoms with van der Waals surface area (Å²) in [6.07, 6.45) is 0. The molecule has 2 aliphatic heterocycles. The minimum atomic E-state index is -0.539. The van der Waals surface area contributed by atoms with Crippen LogP contribution in [-0.4, -0.2) is 0 Å². The van der Waals surface area contributed by atoms with Crippen molar-refractivity contribution in [2.24, 2.45) is 0 Å². The standard InChI is InChI=1S/C55H37N3S/c1-4-18-38(19-5-1)56(39-20-6-2-7-21-39)41-32-34-42(35-33-41)58-50-30-16-17-31-51(50)59-52-37-36-47-53(54(52)58)43-24-10-11-25-44(43)55(47)45-26-12-14-28-48(45)57(40-22-8-3-9-23-40)49-29-15-13-27-46(49)55/h1-37H. The van der Waals surface area contributed by atoms with Gasteiger partial charge in [-0.1, -0.05) is 145 Å². The van der Waals surface area contributed by atoms with E-state index >= 15 is 0 Å². The number of fused-ring (bicyclic) bond motifs is 12. The number of para-hydroxylation sites is 6. The quantitative estimate of drug-likeness (QED) is 0.172. The van der Waals surface area contributed by atoms with Gasteiger partial charge in [-0.2, -0.15) is 0 Å². The van der Waals surface area contributed by atoms with Crippen molar-refractivity contribution >= 4 is 62.9 Å². The van der Waals surface area contributed by atoms with Gasteiger partial charge in [-0.3, -0.25) is 0 Å². The lowest BCUT2D eigenvalue weighted by atomic mass is 9.64. The van der Waals surface area contributed by atoms with Crippen LogP contribution in [0.1, 0.15) is 22.3 Å². The molecule has 59 heavy (non-hydrogen) atoms. The molecule has 1 spiro atoms. The van der Waals surface area contributed by atoms with Gasteiger partial charge in [0.15, 0.2) is 0 Å². The molecule has 0 atom stereocenters. The lowest BCUT2D eigenvalue weighted by Gasteiger charge is -2.45. The second-order valence-corrected chi connectivity index (χ2v) is 16.3. The Kier molecular flexibility index (Phi) is 7.69. The Bertz CT molecular complexity index is 2950. The van der Waals surface area contributed by atoms with E-state index in [-0.39, 0.29) is 0 Å². The molecule has 0 N–H and O–H groups in total. The van der Waals surface area contributed by atoms with Crippen LogP contribution < -0.4 is 14.7 Å². The van der Waals surface area contributed by atoms with E-state index in [1.54, 1.807) is 0 Å². The molecule has 278 valence electrons. The molecule has 0 fully saturated rings. The molecule has 9 aromatic rings. The van der Waals surface area contributed by atoms with Crippen LogP contribution in [0.25, 0.3) is 11.1 Å². The van der Waals surface area contributed by atoms with Crippen molar-refractivity contribution in [3.63, 3.8) is 0 Å². The molecule has 0 amide bonds. The lowest BCUT2D eigenvalue weighted by molar-refractivity contribution is 0.752. The van der Waals surface area contributed by atoms with Gasteiger partial charge in [0.25, 0.3) is 0 Å². The summed E-state index contributed by atoms with van der Waals surface area (Å²) >= 11 is 1.87. The molecule has 0 bridgehead atoms. The van der Waals surface area contributed by atoms with E-state index in [0.29, 0.717) is 0 Å². The Hall–Kier alpha value is -7.27. The Morgan fingerprint density at radius 1 is 0.339 bits per heavy atom. The van der Waals surface area contributed by atoms with Crippen LogP contribution in [0.5, 0.6) is 0 Å². The van der Waals surface area contributed by atoms with Crippen molar-refractivity contribution in [1.82, 2.24) is 0 Å². The van der Waals surface area contributed by atoms with Gasteiger partial charge in [-0.25, -0.2) is 0 Å². The van der Waals surface area contributed by atoms with E-state index in [4.69, 9.17) is 0 Å². The van der Waals surface area contributed by atoms with Crippen molar-refractivity contribution in [2.45, 2.75) is 15.2 Å². The van der Waals surface area contributed by atoms with Gasteiger partial charge < -0.3 is 14.7 Å². The molecule has 0 radical (unpaired) electrons. The predicted octanol–water partition coefficient (Wildman–Crippen LogP) is 15.2. The first-order valence-corrected chi connectivity index (χ1v) is 21.0. The smallest absolute Gasteiger partial charge is 0.0755 e. The van der Waals surface area contributed by atoms with Crippen LogP contribution in [0.4, 0.5) is 51.2 Å². The third-order valence-corrected chi connectivity index (χ3v) is 13.3. The second kappa shape index (κ2) is 13.4. The molecule has 0 saturated heterocycles. The van der Waals surface area contributed by atoms with E-state index in [1.165, 1.54) is 65.9 Å². The highest BCUT2D eigenvalue weighted by molar-refractivity contribution is 7.99. The summed E-state index contributed by atoms with van der Waals surface area (Å²) in [7, 11) is 0. The van der Waals surface area contributed by atoms with Crippen LogP contribution in [0.2, 0.25) is 0 Å². The molecule has 0 unspecified atom stereocenters. The highest BCUT2D eigenvalue weighted by atomic mass is 32.2. The van der Waals surface area contributed by atoms with E-state index < -0.39 is 5.41 Å². The summed E-state index contributed by atoms with van der Waals surface area (Å²) in [6, 6.07) is 82.1. The third kappa shape index (κ3) is 4.97. The maximum atomic E-state index is 2.52. The molecular weight excluding hydrogens is 735 g/mol. The molecule has 3 nitrogen and oxygen atoms in total. The Balaban J connectivity index is 1.10. The topological polar surface area (TPSA) is 9.72 Å². The minimum absolute atomic E-state index is 0.539. The molecular formula is C55H37N3S. The largest absolute Gasteiger partial charge is 0.311 e. The average Bonchev–Trinajstić information content (AvgIpc) is 3.60. The highest BCUT2D eigenvalue weighted by Gasteiger charge is 2.53. The van der Waals surface area contributed by atoms with Crippen molar-refractivity contribution in [3.05, 3.63) is 247 Å². The number of hydrogen-bond donors (Lipinski definition) is 0. The fraction of sp³-hybridized carbons (Fsp3) is 0.0182. The van der Waals surface area contributed by atoms with Gasteiger partial charge in [-0.05, 0) is 119 Å². The molecule has 4 heteroatoms. The van der Waals surface area contributed by atoms with Gasteiger partial charge in [0.1, 0.15) is 0 Å². The van der Waals surface area contributed by atoms with Crippen molar-refractivity contribution in [1.29, 1.82) is 0 Å². The maximum absolute atomic E-state index is 2.52. The molecule has 0 aromatic heterocycles. The van der Waals surface area contributed by atoms with Crippen LogP contribution in [0, 0.1) is 0 Å². The number of anilines is 9. The van der Waals surface area contributed by atoms with Crippen LogP contribution in [0.15, 0.2) is 234 Å². The van der Waals surface area contributed by atoms with Crippen LogP contribution >= 0.6 is 11.8 Å². The Morgan fingerprint density at radius 3 is 1.47 bits per heavy atom.